The van der Waals surface area contributed by atoms with Gasteiger partial charge in [0.05, 0.1) is 13.0 Å². The summed E-state index contributed by atoms with van der Waals surface area (Å²) in [6.07, 6.45) is 2.05. The van der Waals surface area contributed by atoms with Gasteiger partial charge in [-0.3, -0.25) is 14.6 Å². The van der Waals surface area contributed by atoms with Gasteiger partial charge in [0, 0.05) is 51.4 Å². The topological polar surface area (TPSA) is 65.5 Å². The minimum atomic E-state index is 0.101. The van der Waals surface area contributed by atoms with Crippen molar-refractivity contribution in [1.29, 1.82) is 0 Å². The molecule has 1 saturated heterocycles. The Labute approximate surface area is 209 Å². The van der Waals surface area contributed by atoms with E-state index in [0.29, 0.717) is 18.3 Å². The molecule has 1 atom stereocenters. The van der Waals surface area contributed by atoms with Crippen molar-refractivity contribution in [3.63, 3.8) is 0 Å². The third-order valence-corrected chi connectivity index (χ3v) is 7.17. The number of benzene rings is 2. The minimum Gasteiger partial charge on any atom is -0.504 e. The van der Waals surface area contributed by atoms with Crippen LogP contribution in [0.3, 0.4) is 0 Å². The standard InChI is InChI=1S/C28H39N3O4/c1-4-31(5-2)28(33)23-7-6-12-29(19-23)17-21-8-10-26-24(15-21)20-30(13-14-35-26)18-22-9-11-27(34-3)25(32)16-22/h8-11,15-16,23,32H,4-7,12-14,17-20H2,1-3H3. The van der Waals surface area contributed by atoms with E-state index in [9.17, 15) is 9.90 Å². The predicted molar refractivity (Wildman–Crippen MR) is 137 cm³/mol. The molecule has 190 valence electrons. The molecule has 0 radical (unpaired) electrons. The van der Waals surface area contributed by atoms with Crippen LogP contribution in [0, 0.1) is 5.92 Å². The number of phenolic OH excluding ortho intramolecular Hbond substituents is 1. The van der Waals surface area contributed by atoms with Gasteiger partial charge < -0.3 is 19.5 Å². The van der Waals surface area contributed by atoms with Gasteiger partial charge in [-0.05, 0) is 68.6 Å². The Morgan fingerprint density at radius 2 is 1.83 bits per heavy atom. The highest BCUT2D eigenvalue weighted by molar-refractivity contribution is 5.79. The number of piperidine rings is 1. The molecular formula is C28H39N3O4. The van der Waals surface area contributed by atoms with Crippen LogP contribution in [-0.2, 0) is 24.4 Å². The molecule has 0 spiro atoms. The van der Waals surface area contributed by atoms with Gasteiger partial charge in [-0.15, -0.1) is 0 Å². The number of carbonyl (C=O) groups is 1. The SMILES string of the molecule is CCN(CC)C(=O)C1CCCN(Cc2ccc3c(c2)CN(Cc2ccc(OC)c(O)c2)CCO3)C1. The summed E-state index contributed by atoms with van der Waals surface area (Å²) >= 11 is 0. The quantitative estimate of drug-likeness (QED) is 0.618. The van der Waals surface area contributed by atoms with E-state index in [4.69, 9.17) is 9.47 Å². The summed E-state index contributed by atoms with van der Waals surface area (Å²) in [6.45, 7) is 11.4. The Kier molecular flexibility index (Phi) is 8.52. The van der Waals surface area contributed by atoms with Crippen molar-refractivity contribution in [3.05, 3.63) is 53.1 Å². The summed E-state index contributed by atoms with van der Waals surface area (Å²) in [6, 6.07) is 12.1. The molecule has 1 amide bonds. The van der Waals surface area contributed by atoms with Crippen LogP contribution in [0.5, 0.6) is 17.2 Å². The van der Waals surface area contributed by atoms with Crippen molar-refractivity contribution >= 4 is 5.91 Å². The highest BCUT2D eigenvalue weighted by Crippen LogP contribution is 2.29. The van der Waals surface area contributed by atoms with Gasteiger partial charge in [0.15, 0.2) is 11.5 Å². The van der Waals surface area contributed by atoms with Gasteiger partial charge >= 0.3 is 0 Å². The largest absolute Gasteiger partial charge is 0.504 e. The molecule has 0 aromatic heterocycles. The lowest BCUT2D eigenvalue weighted by atomic mass is 9.95. The molecule has 2 heterocycles. The Hall–Kier alpha value is -2.77. The molecule has 0 saturated carbocycles. The fraction of sp³-hybridized carbons (Fsp3) is 0.536. The van der Waals surface area contributed by atoms with Crippen LogP contribution < -0.4 is 9.47 Å². The number of phenols is 1. The predicted octanol–water partition coefficient (Wildman–Crippen LogP) is 3.88. The van der Waals surface area contributed by atoms with Crippen molar-refractivity contribution in [1.82, 2.24) is 14.7 Å². The number of ether oxygens (including phenoxy) is 2. The van der Waals surface area contributed by atoms with Gasteiger partial charge in [-0.25, -0.2) is 0 Å². The zero-order valence-corrected chi connectivity index (χ0v) is 21.3. The van der Waals surface area contributed by atoms with E-state index in [0.717, 1.165) is 76.5 Å². The normalized spacial score (nSPS) is 18.9. The summed E-state index contributed by atoms with van der Waals surface area (Å²) in [5.74, 6) is 2.00. The summed E-state index contributed by atoms with van der Waals surface area (Å²) in [4.78, 5) is 19.6. The Morgan fingerprint density at radius 3 is 2.57 bits per heavy atom. The van der Waals surface area contributed by atoms with Crippen LogP contribution in [0.15, 0.2) is 36.4 Å². The van der Waals surface area contributed by atoms with E-state index in [-0.39, 0.29) is 11.7 Å². The fourth-order valence-corrected chi connectivity index (χ4v) is 5.28. The van der Waals surface area contributed by atoms with Gasteiger partial charge in [-0.2, -0.15) is 0 Å². The monoisotopic (exact) mass is 481 g/mol. The van der Waals surface area contributed by atoms with Crippen molar-refractivity contribution < 1.29 is 19.4 Å². The van der Waals surface area contributed by atoms with E-state index in [1.54, 1.807) is 13.2 Å². The number of hydrogen-bond donors (Lipinski definition) is 1. The molecular weight excluding hydrogens is 442 g/mol. The number of aromatic hydroxyl groups is 1. The number of rotatable bonds is 8. The van der Waals surface area contributed by atoms with E-state index in [1.165, 1.54) is 11.1 Å². The third-order valence-electron chi connectivity index (χ3n) is 7.17. The van der Waals surface area contributed by atoms with Crippen molar-refractivity contribution in [2.24, 2.45) is 5.92 Å². The van der Waals surface area contributed by atoms with Gasteiger partial charge in [0.25, 0.3) is 0 Å². The lowest BCUT2D eigenvalue weighted by Gasteiger charge is -2.34. The number of amides is 1. The smallest absolute Gasteiger partial charge is 0.226 e. The minimum absolute atomic E-state index is 0.101. The number of nitrogens with zero attached hydrogens (tertiary/aromatic N) is 3. The first-order valence-corrected chi connectivity index (χ1v) is 12.8. The molecule has 2 aliphatic heterocycles. The van der Waals surface area contributed by atoms with Crippen molar-refractivity contribution in [2.75, 3.05) is 46.4 Å². The molecule has 0 bridgehead atoms. The lowest BCUT2D eigenvalue weighted by molar-refractivity contribution is -0.137. The first-order chi connectivity index (χ1) is 17.0. The zero-order chi connectivity index (χ0) is 24.8. The third kappa shape index (κ3) is 6.27. The average Bonchev–Trinajstić information content (AvgIpc) is 3.06. The Balaban J connectivity index is 1.41. The molecule has 2 aromatic carbocycles. The van der Waals surface area contributed by atoms with E-state index in [1.807, 2.05) is 17.0 Å². The van der Waals surface area contributed by atoms with Crippen LogP contribution in [0.1, 0.15) is 43.4 Å². The molecule has 4 rings (SSSR count). The van der Waals surface area contributed by atoms with Crippen molar-refractivity contribution in [2.45, 2.75) is 46.3 Å². The second-order valence-electron chi connectivity index (χ2n) is 9.59. The molecule has 2 aliphatic rings. The number of fused-ring (bicyclic) bond motifs is 1. The molecule has 7 nitrogen and oxygen atoms in total. The Morgan fingerprint density at radius 1 is 1.09 bits per heavy atom. The highest BCUT2D eigenvalue weighted by atomic mass is 16.5. The highest BCUT2D eigenvalue weighted by Gasteiger charge is 2.28. The molecule has 2 aromatic rings. The number of hydrogen-bond acceptors (Lipinski definition) is 6. The lowest BCUT2D eigenvalue weighted by Crippen LogP contribution is -2.44. The molecule has 0 aliphatic carbocycles. The number of methoxy groups -OCH3 is 1. The number of carbonyl (C=O) groups excluding carboxylic acids is 1. The van der Waals surface area contributed by atoms with E-state index < -0.39 is 0 Å². The van der Waals surface area contributed by atoms with Crippen LogP contribution >= 0.6 is 0 Å². The Bertz CT molecular complexity index is 1010. The summed E-state index contributed by atoms with van der Waals surface area (Å²) in [5.41, 5.74) is 3.48. The van der Waals surface area contributed by atoms with Crippen LogP contribution in [0.25, 0.3) is 0 Å². The van der Waals surface area contributed by atoms with Crippen LogP contribution in [0.2, 0.25) is 0 Å². The second kappa shape index (κ2) is 11.8. The van der Waals surface area contributed by atoms with E-state index >= 15 is 0 Å². The summed E-state index contributed by atoms with van der Waals surface area (Å²) < 4.78 is 11.2. The summed E-state index contributed by atoms with van der Waals surface area (Å²) in [7, 11) is 1.56. The molecule has 1 N–H and O–H groups in total. The molecule has 35 heavy (non-hydrogen) atoms. The maximum absolute atomic E-state index is 12.9. The van der Waals surface area contributed by atoms with Gasteiger partial charge in [0.2, 0.25) is 5.91 Å². The molecule has 7 heteroatoms. The van der Waals surface area contributed by atoms with Gasteiger partial charge in [0.1, 0.15) is 12.4 Å². The molecule has 1 fully saturated rings. The second-order valence-corrected chi connectivity index (χ2v) is 9.59. The number of likely N-dealkylation sites (tertiary alicyclic amines) is 1. The van der Waals surface area contributed by atoms with Crippen molar-refractivity contribution in [3.8, 4) is 17.2 Å². The van der Waals surface area contributed by atoms with Crippen LogP contribution in [0.4, 0.5) is 0 Å². The average molecular weight is 482 g/mol. The van der Waals surface area contributed by atoms with E-state index in [2.05, 4.69) is 41.8 Å². The fourth-order valence-electron chi connectivity index (χ4n) is 5.28. The molecule has 1 unspecified atom stereocenters. The van der Waals surface area contributed by atoms with Gasteiger partial charge in [-0.1, -0.05) is 12.1 Å². The summed E-state index contributed by atoms with van der Waals surface area (Å²) in [5, 5.41) is 10.1. The zero-order valence-electron chi connectivity index (χ0n) is 21.3. The van der Waals surface area contributed by atoms with Crippen LogP contribution in [-0.4, -0.2) is 72.2 Å². The maximum atomic E-state index is 12.9. The maximum Gasteiger partial charge on any atom is 0.226 e. The first kappa shape index (κ1) is 25.3. The first-order valence-electron chi connectivity index (χ1n) is 12.8.